The number of nitrogen functional groups attached to an aromatic ring is 1. The molecule has 0 saturated heterocycles. The van der Waals surface area contributed by atoms with Gasteiger partial charge in [-0.1, -0.05) is 0 Å². The summed E-state index contributed by atoms with van der Waals surface area (Å²) in [6.45, 7) is 3.37. The van der Waals surface area contributed by atoms with Crippen molar-refractivity contribution in [2.24, 2.45) is 0 Å². The Bertz CT molecular complexity index is 407. The van der Waals surface area contributed by atoms with Crippen LogP contribution in [0.5, 0.6) is 0 Å². The van der Waals surface area contributed by atoms with Gasteiger partial charge in [0, 0.05) is 11.7 Å². The molecule has 94 valence electrons. The number of aliphatic hydroxyl groups excluding tert-OH is 1. The number of hydrogen-bond donors (Lipinski definition) is 3. The van der Waals surface area contributed by atoms with Gasteiger partial charge in [0.15, 0.2) is 0 Å². The molecular weight excluding hydrogens is 223 g/mol. The van der Waals surface area contributed by atoms with Crippen molar-refractivity contribution < 1.29 is 14.3 Å². The Hall–Kier alpha value is -1.62. The Morgan fingerprint density at radius 1 is 1.53 bits per heavy atom. The van der Waals surface area contributed by atoms with Crippen molar-refractivity contribution >= 4 is 11.6 Å². The lowest BCUT2D eigenvalue weighted by Crippen LogP contribution is -2.35. The van der Waals surface area contributed by atoms with Crippen LogP contribution in [0.25, 0.3) is 0 Å². The minimum atomic E-state index is -0.610. The second-order valence-electron chi connectivity index (χ2n) is 4.20. The fraction of sp³-hybridized carbons (Fsp3) is 0.417. The highest BCUT2D eigenvalue weighted by Gasteiger charge is 2.15. The molecule has 0 bridgehead atoms. The number of anilines is 1. The number of nitrogens with one attached hydrogen (secondary N) is 1. The van der Waals surface area contributed by atoms with Gasteiger partial charge in [0.25, 0.3) is 5.91 Å². The van der Waals surface area contributed by atoms with E-state index in [1.54, 1.807) is 13.8 Å². The van der Waals surface area contributed by atoms with Gasteiger partial charge in [0.05, 0.1) is 11.7 Å². The molecule has 1 aromatic rings. The monoisotopic (exact) mass is 240 g/mol. The molecule has 0 aromatic heterocycles. The molecule has 0 spiro atoms. The van der Waals surface area contributed by atoms with Gasteiger partial charge in [0.2, 0.25) is 0 Å². The van der Waals surface area contributed by atoms with Gasteiger partial charge in [-0.05, 0) is 38.5 Å². The second-order valence-corrected chi connectivity index (χ2v) is 4.20. The summed E-state index contributed by atoms with van der Waals surface area (Å²) in [5.41, 5.74) is 5.74. The van der Waals surface area contributed by atoms with Gasteiger partial charge in [-0.2, -0.15) is 0 Å². The molecular formula is C12H17FN2O2. The minimum Gasteiger partial charge on any atom is -0.399 e. The number of carbonyl (C=O) groups is 1. The Morgan fingerprint density at radius 3 is 2.76 bits per heavy atom. The third-order valence-corrected chi connectivity index (χ3v) is 2.31. The molecule has 0 aliphatic carbocycles. The van der Waals surface area contributed by atoms with Crippen molar-refractivity contribution in [3.8, 4) is 0 Å². The first kappa shape index (κ1) is 13.4. The normalized spacial score (nSPS) is 14.1. The van der Waals surface area contributed by atoms with Crippen LogP contribution >= 0.6 is 0 Å². The van der Waals surface area contributed by atoms with E-state index >= 15 is 0 Å². The lowest BCUT2D eigenvalue weighted by molar-refractivity contribution is 0.0919. The Balaban J connectivity index is 2.73. The number of carbonyl (C=O) groups excluding carboxylic acids is 1. The average Bonchev–Trinajstić information content (AvgIpc) is 2.20. The van der Waals surface area contributed by atoms with Crippen LogP contribution in [0, 0.1) is 5.82 Å². The molecule has 4 N–H and O–H groups in total. The van der Waals surface area contributed by atoms with E-state index in [2.05, 4.69) is 5.32 Å². The summed E-state index contributed by atoms with van der Waals surface area (Å²) in [5, 5.41) is 11.8. The molecule has 0 heterocycles. The SMILES string of the molecule is CC(O)CC(C)NC(=O)c1cc(N)ccc1F. The van der Waals surface area contributed by atoms with E-state index in [9.17, 15) is 9.18 Å². The van der Waals surface area contributed by atoms with E-state index in [1.165, 1.54) is 12.1 Å². The van der Waals surface area contributed by atoms with E-state index in [0.29, 0.717) is 12.1 Å². The van der Waals surface area contributed by atoms with Crippen LogP contribution < -0.4 is 11.1 Å². The third kappa shape index (κ3) is 4.03. The van der Waals surface area contributed by atoms with Crippen LogP contribution in [-0.4, -0.2) is 23.2 Å². The minimum absolute atomic E-state index is 0.0811. The number of benzene rings is 1. The summed E-state index contributed by atoms with van der Waals surface area (Å²) in [6.07, 6.45) is -0.105. The number of nitrogens with two attached hydrogens (primary N) is 1. The zero-order chi connectivity index (χ0) is 13.0. The Labute approximate surface area is 99.6 Å². The summed E-state index contributed by atoms with van der Waals surface area (Å²) >= 11 is 0. The fourth-order valence-electron chi connectivity index (χ4n) is 1.59. The summed E-state index contributed by atoms with van der Waals surface area (Å²) in [4.78, 5) is 11.7. The summed E-state index contributed by atoms with van der Waals surface area (Å²) in [6, 6.07) is 3.61. The molecule has 5 heteroatoms. The van der Waals surface area contributed by atoms with E-state index in [4.69, 9.17) is 10.8 Å². The molecule has 2 atom stereocenters. The topological polar surface area (TPSA) is 75.3 Å². The van der Waals surface area contributed by atoms with Crippen molar-refractivity contribution in [3.63, 3.8) is 0 Å². The number of amides is 1. The summed E-state index contributed by atoms with van der Waals surface area (Å²) < 4.78 is 13.4. The lowest BCUT2D eigenvalue weighted by Gasteiger charge is -2.15. The maximum Gasteiger partial charge on any atom is 0.254 e. The smallest absolute Gasteiger partial charge is 0.254 e. The van der Waals surface area contributed by atoms with Crippen molar-refractivity contribution in [3.05, 3.63) is 29.6 Å². The van der Waals surface area contributed by atoms with E-state index in [1.807, 2.05) is 0 Å². The number of halogens is 1. The Morgan fingerprint density at radius 2 is 2.18 bits per heavy atom. The molecule has 2 unspecified atom stereocenters. The highest BCUT2D eigenvalue weighted by molar-refractivity contribution is 5.95. The average molecular weight is 240 g/mol. The second kappa shape index (κ2) is 5.63. The third-order valence-electron chi connectivity index (χ3n) is 2.31. The van der Waals surface area contributed by atoms with Crippen LogP contribution in [0.15, 0.2) is 18.2 Å². The molecule has 0 saturated carbocycles. The van der Waals surface area contributed by atoms with Gasteiger partial charge >= 0.3 is 0 Å². The molecule has 17 heavy (non-hydrogen) atoms. The lowest BCUT2D eigenvalue weighted by atomic mass is 10.1. The fourth-order valence-corrected chi connectivity index (χ4v) is 1.59. The summed E-state index contributed by atoms with van der Waals surface area (Å²) in [7, 11) is 0. The number of aliphatic hydroxyl groups is 1. The van der Waals surface area contributed by atoms with E-state index in [0.717, 1.165) is 6.07 Å². The Kier molecular flexibility index (Phi) is 4.45. The highest BCUT2D eigenvalue weighted by atomic mass is 19.1. The molecule has 0 fully saturated rings. The van der Waals surface area contributed by atoms with Crippen LogP contribution in [0.2, 0.25) is 0 Å². The predicted octanol–water partition coefficient (Wildman–Crippen LogP) is 1.30. The quantitative estimate of drug-likeness (QED) is 0.694. The number of rotatable bonds is 4. The van der Waals surface area contributed by atoms with Crippen LogP contribution in [0.1, 0.15) is 30.6 Å². The maximum absolute atomic E-state index is 13.4. The molecule has 4 nitrogen and oxygen atoms in total. The van der Waals surface area contributed by atoms with E-state index < -0.39 is 17.8 Å². The van der Waals surface area contributed by atoms with Gasteiger partial charge in [-0.3, -0.25) is 4.79 Å². The standard InChI is InChI=1S/C12H17FN2O2/c1-7(5-8(2)16)15-12(17)10-6-9(14)3-4-11(10)13/h3-4,6-8,16H,5,14H2,1-2H3,(H,15,17). The highest BCUT2D eigenvalue weighted by Crippen LogP contribution is 2.12. The first-order valence-corrected chi connectivity index (χ1v) is 5.44. The maximum atomic E-state index is 13.4. The van der Waals surface area contributed by atoms with Gasteiger partial charge in [0.1, 0.15) is 5.82 Å². The largest absolute Gasteiger partial charge is 0.399 e. The van der Waals surface area contributed by atoms with Gasteiger partial charge in [-0.15, -0.1) is 0 Å². The van der Waals surface area contributed by atoms with Gasteiger partial charge < -0.3 is 16.2 Å². The van der Waals surface area contributed by atoms with Crippen LogP contribution in [0.3, 0.4) is 0 Å². The first-order chi connectivity index (χ1) is 7.90. The predicted molar refractivity (Wildman–Crippen MR) is 64.0 cm³/mol. The van der Waals surface area contributed by atoms with E-state index in [-0.39, 0.29) is 11.6 Å². The zero-order valence-corrected chi connectivity index (χ0v) is 9.90. The molecule has 1 aromatic carbocycles. The van der Waals surface area contributed by atoms with Crippen LogP contribution in [-0.2, 0) is 0 Å². The van der Waals surface area contributed by atoms with Gasteiger partial charge in [-0.25, -0.2) is 4.39 Å². The van der Waals surface area contributed by atoms with Crippen molar-refractivity contribution in [2.75, 3.05) is 5.73 Å². The summed E-state index contributed by atoms with van der Waals surface area (Å²) in [5.74, 6) is -1.14. The molecule has 0 aliphatic heterocycles. The molecule has 0 aliphatic rings. The van der Waals surface area contributed by atoms with Crippen LogP contribution in [0.4, 0.5) is 10.1 Å². The first-order valence-electron chi connectivity index (χ1n) is 5.44. The molecule has 0 radical (unpaired) electrons. The zero-order valence-electron chi connectivity index (χ0n) is 9.90. The van der Waals surface area contributed by atoms with Crippen molar-refractivity contribution in [1.82, 2.24) is 5.32 Å². The molecule has 1 amide bonds. The molecule has 1 rings (SSSR count). The van der Waals surface area contributed by atoms with Crippen molar-refractivity contribution in [2.45, 2.75) is 32.4 Å². The van der Waals surface area contributed by atoms with Crippen molar-refractivity contribution in [1.29, 1.82) is 0 Å². The number of hydrogen-bond acceptors (Lipinski definition) is 3.